The lowest BCUT2D eigenvalue weighted by atomic mass is 9.96. The molecule has 0 heterocycles. The van der Waals surface area contributed by atoms with Crippen molar-refractivity contribution in [2.45, 2.75) is 30.6 Å². The lowest BCUT2D eigenvalue weighted by Gasteiger charge is -2.20. The van der Waals surface area contributed by atoms with E-state index in [4.69, 9.17) is 0 Å². The second-order valence-corrected chi connectivity index (χ2v) is 11.4. The van der Waals surface area contributed by atoms with Crippen LogP contribution in [0, 0.1) is 12.8 Å². The molecule has 0 atom stereocenters. The van der Waals surface area contributed by atoms with E-state index in [-0.39, 0.29) is 15.7 Å². The third kappa shape index (κ3) is 5.02. The highest BCUT2D eigenvalue weighted by Gasteiger charge is 2.33. The third-order valence-corrected chi connectivity index (χ3v) is 8.89. The monoisotopic (exact) mass is 467 g/mol. The maximum Gasteiger partial charge on any atom is 0.277 e. The van der Waals surface area contributed by atoms with Gasteiger partial charge in [0, 0.05) is 5.57 Å². The van der Waals surface area contributed by atoms with Crippen LogP contribution in [-0.4, -0.2) is 20.5 Å². The van der Waals surface area contributed by atoms with Crippen molar-refractivity contribution in [1.82, 2.24) is 3.71 Å². The number of rotatable bonds is 7. The first-order valence-corrected chi connectivity index (χ1v) is 13.0. The maximum atomic E-state index is 13.4. The van der Waals surface area contributed by atoms with Crippen LogP contribution in [0.4, 0.5) is 0 Å². The molecule has 0 spiro atoms. The fourth-order valence-corrected chi connectivity index (χ4v) is 6.45. The molecule has 3 aromatic carbocycles. The van der Waals surface area contributed by atoms with Crippen molar-refractivity contribution in [2.75, 3.05) is 0 Å². The second-order valence-electron chi connectivity index (χ2n) is 7.57. The van der Waals surface area contributed by atoms with Gasteiger partial charge in [0.1, 0.15) is 0 Å². The number of benzene rings is 3. The van der Waals surface area contributed by atoms with E-state index in [9.17, 15) is 16.8 Å². The molecule has 7 heteroatoms. The molecule has 0 bridgehead atoms. The fraction of sp³-hybridized carbons (Fsp3) is 0.160. The van der Waals surface area contributed by atoms with E-state index in [2.05, 4.69) is 5.73 Å². The van der Waals surface area contributed by atoms with Crippen LogP contribution in [0.1, 0.15) is 25.0 Å². The summed E-state index contributed by atoms with van der Waals surface area (Å²) in [4.78, 5) is -0.252. The highest BCUT2D eigenvalue weighted by atomic mass is 32.3. The van der Waals surface area contributed by atoms with Crippen LogP contribution in [0.2, 0.25) is 0 Å². The lowest BCUT2D eigenvalue weighted by Crippen LogP contribution is -2.32. The van der Waals surface area contributed by atoms with E-state index >= 15 is 0 Å². The summed E-state index contributed by atoms with van der Waals surface area (Å²) in [5.41, 5.74) is 5.59. The van der Waals surface area contributed by atoms with E-state index in [1.54, 1.807) is 36.4 Å². The van der Waals surface area contributed by atoms with Gasteiger partial charge in [-0.2, -0.15) is 3.71 Å². The van der Waals surface area contributed by atoms with E-state index in [1.165, 1.54) is 24.3 Å². The van der Waals surface area contributed by atoms with Crippen molar-refractivity contribution in [3.63, 3.8) is 0 Å². The van der Waals surface area contributed by atoms with Gasteiger partial charge in [0.25, 0.3) is 20.0 Å². The molecule has 0 N–H and O–H groups in total. The summed E-state index contributed by atoms with van der Waals surface area (Å²) in [6.07, 6.45) is 1.01. The van der Waals surface area contributed by atoms with Crippen LogP contribution in [0.5, 0.6) is 0 Å². The summed E-state index contributed by atoms with van der Waals surface area (Å²) in [5.74, 6) is -0.0188. The molecule has 0 unspecified atom stereocenters. The molecule has 0 saturated heterocycles. The molecule has 0 radical (unpaired) electrons. The quantitative estimate of drug-likeness (QED) is 0.446. The van der Waals surface area contributed by atoms with Crippen LogP contribution in [0.25, 0.3) is 5.57 Å². The second kappa shape index (κ2) is 9.57. The largest absolute Gasteiger partial charge is 0.277 e. The molecule has 5 nitrogen and oxygen atoms in total. The normalized spacial score (nSPS) is 11.6. The molecule has 0 amide bonds. The first-order chi connectivity index (χ1) is 15.1. The Kier molecular flexibility index (Phi) is 7.04. The van der Waals surface area contributed by atoms with Gasteiger partial charge in [0.05, 0.1) is 16.0 Å². The smallest absolute Gasteiger partial charge is 0.200 e. The van der Waals surface area contributed by atoms with E-state index in [1.807, 2.05) is 45.0 Å². The summed E-state index contributed by atoms with van der Waals surface area (Å²) in [6.45, 7) is 5.86. The molecular formula is C25H25NO4S2. The zero-order valence-corrected chi connectivity index (χ0v) is 19.8. The zero-order chi connectivity index (χ0) is 23.4. The Morgan fingerprint density at radius 1 is 0.750 bits per heavy atom. The van der Waals surface area contributed by atoms with Gasteiger partial charge in [-0.15, -0.1) is 0 Å². The Labute approximate surface area is 190 Å². The first kappa shape index (κ1) is 23.5. The third-order valence-electron chi connectivity index (χ3n) is 4.82. The lowest BCUT2D eigenvalue weighted by molar-refractivity contribution is 0.537. The molecule has 0 aliphatic rings. The van der Waals surface area contributed by atoms with Crippen LogP contribution in [-0.2, 0) is 20.0 Å². The molecule has 32 heavy (non-hydrogen) atoms. The van der Waals surface area contributed by atoms with Crippen LogP contribution < -0.4 is 0 Å². The van der Waals surface area contributed by atoms with Gasteiger partial charge >= 0.3 is 0 Å². The van der Waals surface area contributed by atoms with E-state index in [0.29, 0.717) is 9.28 Å². The van der Waals surface area contributed by atoms with Gasteiger partial charge in [-0.3, -0.25) is 0 Å². The highest BCUT2D eigenvalue weighted by molar-refractivity contribution is 8.04. The highest BCUT2D eigenvalue weighted by Crippen LogP contribution is 2.27. The Morgan fingerprint density at radius 2 is 1.19 bits per heavy atom. The average molecular weight is 468 g/mol. The van der Waals surface area contributed by atoms with Crippen molar-refractivity contribution >= 4 is 25.6 Å². The zero-order valence-electron chi connectivity index (χ0n) is 18.1. The number of nitrogens with zero attached hydrogens (tertiary/aromatic N) is 1. The van der Waals surface area contributed by atoms with Gasteiger partial charge < -0.3 is 0 Å². The fourth-order valence-electron chi connectivity index (χ4n) is 3.10. The minimum absolute atomic E-state index is 0.0188. The van der Waals surface area contributed by atoms with Gasteiger partial charge in [0.15, 0.2) is 0 Å². The standard InChI is InChI=1S/C25H25NO4S2/c1-20(2)25(22-16-14-21(3)15-17-22)18-19-26(31(27,28)23-10-6-4-7-11-23)32(29,30)24-12-8-5-9-13-24/h4-17,19-20H,1-3H3. The molecule has 3 aromatic rings. The minimum Gasteiger partial charge on any atom is -0.200 e. The summed E-state index contributed by atoms with van der Waals surface area (Å²) in [7, 11) is -8.81. The molecule has 0 aliphatic heterocycles. The molecule has 0 fully saturated rings. The van der Waals surface area contributed by atoms with Gasteiger partial charge in [0.2, 0.25) is 0 Å². The number of hydrogen-bond donors (Lipinski definition) is 0. The molecule has 166 valence electrons. The van der Waals surface area contributed by atoms with Crippen molar-refractivity contribution in [3.8, 4) is 0 Å². The van der Waals surface area contributed by atoms with Gasteiger partial charge in [-0.05, 0) is 42.7 Å². The number of sulfonamides is 2. The molecular weight excluding hydrogens is 442 g/mol. The Bertz CT molecular complexity index is 1270. The van der Waals surface area contributed by atoms with Gasteiger partial charge in [-0.25, -0.2) is 16.8 Å². The van der Waals surface area contributed by atoms with E-state index in [0.717, 1.165) is 17.3 Å². The molecule has 0 aliphatic carbocycles. The molecule has 3 rings (SSSR count). The Balaban J connectivity index is 2.25. The molecule has 0 aromatic heterocycles. The summed E-state index contributed by atoms with van der Waals surface area (Å²) in [5, 5.41) is 0. The van der Waals surface area contributed by atoms with Crippen LogP contribution >= 0.6 is 0 Å². The van der Waals surface area contributed by atoms with Gasteiger partial charge in [-0.1, -0.05) is 85.8 Å². The van der Waals surface area contributed by atoms with Crippen LogP contribution in [0.15, 0.2) is 107 Å². The SMILES string of the molecule is Cc1ccc(C(=C=CN(S(=O)(=O)c2ccccc2)S(=O)(=O)c2ccccc2)C(C)C)cc1. The van der Waals surface area contributed by atoms with E-state index < -0.39 is 20.0 Å². The first-order valence-electron chi connectivity index (χ1n) is 10.1. The topological polar surface area (TPSA) is 71.5 Å². The number of hydrogen-bond acceptors (Lipinski definition) is 4. The van der Waals surface area contributed by atoms with Crippen molar-refractivity contribution in [3.05, 3.63) is 108 Å². The maximum absolute atomic E-state index is 13.4. The van der Waals surface area contributed by atoms with Crippen molar-refractivity contribution < 1.29 is 16.8 Å². The Morgan fingerprint density at radius 3 is 1.59 bits per heavy atom. The summed E-state index contributed by atoms with van der Waals surface area (Å²) < 4.78 is 53.9. The van der Waals surface area contributed by atoms with Crippen molar-refractivity contribution in [2.24, 2.45) is 5.92 Å². The minimum atomic E-state index is -4.40. The number of allylic oxidation sites excluding steroid dienone is 1. The summed E-state index contributed by atoms with van der Waals surface area (Å²) >= 11 is 0. The van der Waals surface area contributed by atoms with Crippen LogP contribution in [0.3, 0.4) is 0 Å². The Hall–Kier alpha value is -3.12. The summed E-state index contributed by atoms with van der Waals surface area (Å²) in [6, 6.07) is 22.7. The predicted molar refractivity (Wildman–Crippen MR) is 127 cm³/mol. The molecule has 0 saturated carbocycles. The average Bonchev–Trinajstić information content (AvgIpc) is 2.78. The predicted octanol–water partition coefficient (Wildman–Crippen LogP) is 5.23. The van der Waals surface area contributed by atoms with Crippen molar-refractivity contribution in [1.29, 1.82) is 0 Å². The number of aryl methyl sites for hydroxylation is 1.